The van der Waals surface area contributed by atoms with E-state index in [4.69, 9.17) is 0 Å². The van der Waals surface area contributed by atoms with Gasteiger partial charge in [-0.05, 0) is 23.8 Å². The zero-order valence-electron chi connectivity index (χ0n) is 10.8. The number of carbonyl (C=O) groups excluding carboxylic acids is 1. The van der Waals surface area contributed by atoms with E-state index in [2.05, 4.69) is 25.1 Å². The highest BCUT2D eigenvalue weighted by Gasteiger charge is 2.08. The van der Waals surface area contributed by atoms with Crippen molar-refractivity contribution in [3.05, 3.63) is 83.4 Å². The van der Waals surface area contributed by atoms with Gasteiger partial charge in [0.15, 0.2) is 5.78 Å². The van der Waals surface area contributed by atoms with Gasteiger partial charge in [-0.1, -0.05) is 66.2 Å². The number of hydrogen-bond acceptors (Lipinski definition) is 1. The molecule has 0 unspecified atom stereocenters. The molecule has 0 saturated carbocycles. The van der Waals surface area contributed by atoms with E-state index in [-0.39, 0.29) is 5.78 Å². The lowest BCUT2D eigenvalue weighted by Crippen LogP contribution is -2.00. The predicted molar refractivity (Wildman–Crippen MR) is 78.6 cm³/mol. The molecule has 0 fully saturated rings. The molecule has 19 heavy (non-hydrogen) atoms. The summed E-state index contributed by atoms with van der Waals surface area (Å²) in [4.78, 5) is 12.4. The molecule has 0 bridgehead atoms. The molecule has 0 heterocycles. The first-order chi connectivity index (χ1) is 9.24. The molecular formula is C18H14O. The lowest BCUT2D eigenvalue weighted by molar-refractivity contribution is 0.103. The molecular weight excluding hydrogens is 232 g/mol. The summed E-state index contributed by atoms with van der Waals surface area (Å²) in [6.07, 6.45) is 0. The minimum atomic E-state index is 0.0723. The number of rotatable bonds is 2. The van der Waals surface area contributed by atoms with Crippen LogP contribution in [0.25, 0.3) is 10.8 Å². The second kappa shape index (κ2) is 4.69. The average molecular weight is 246 g/mol. The van der Waals surface area contributed by atoms with E-state index in [1.54, 1.807) is 0 Å². The predicted octanol–water partition coefficient (Wildman–Crippen LogP) is 4.38. The lowest BCUT2D eigenvalue weighted by Gasteiger charge is -2.04. The van der Waals surface area contributed by atoms with Gasteiger partial charge in [0, 0.05) is 11.1 Å². The van der Waals surface area contributed by atoms with Crippen LogP contribution in [0.15, 0.2) is 66.7 Å². The van der Waals surface area contributed by atoms with Crippen molar-refractivity contribution >= 4 is 16.6 Å². The smallest absolute Gasteiger partial charge is 0.193 e. The largest absolute Gasteiger partial charge is 0.289 e. The summed E-state index contributed by atoms with van der Waals surface area (Å²) in [5.41, 5.74) is 2.70. The molecule has 1 nitrogen and oxygen atoms in total. The third-order valence-corrected chi connectivity index (χ3v) is 3.29. The summed E-state index contributed by atoms with van der Waals surface area (Å²) >= 11 is 0. The second-order valence-corrected chi connectivity index (χ2v) is 4.76. The van der Waals surface area contributed by atoms with Crippen molar-refractivity contribution in [2.75, 3.05) is 0 Å². The minimum Gasteiger partial charge on any atom is -0.289 e. The average Bonchev–Trinajstić information content (AvgIpc) is 2.47. The monoisotopic (exact) mass is 246 g/mol. The van der Waals surface area contributed by atoms with Gasteiger partial charge in [0.2, 0.25) is 0 Å². The van der Waals surface area contributed by atoms with Gasteiger partial charge in [-0.2, -0.15) is 0 Å². The SMILES string of the molecule is Cc1ccc2cc(C(=O)c3ccccc3)ccc2c1. The molecule has 0 aliphatic carbocycles. The van der Waals surface area contributed by atoms with Crippen LogP contribution in [-0.2, 0) is 0 Å². The molecule has 0 aliphatic rings. The molecule has 0 aromatic heterocycles. The normalized spacial score (nSPS) is 10.6. The molecule has 0 spiro atoms. The Kier molecular flexibility index (Phi) is 2.88. The first-order valence-electron chi connectivity index (χ1n) is 6.34. The van der Waals surface area contributed by atoms with Gasteiger partial charge in [-0.3, -0.25) is 4.79 Å². The zero-order valence-corrected chi connectivity index (χ0v) is 10.8. The van der Waals surface area contributed by atoms with Crippen LogP contribution in [0.4, 0.5) is 0 Å². The summed E-state index contributed by atoms with van der Waals surface area (Å²) in [6, 6.07) is 21.5. The van der Waals surface area contributed by atoms with Crippen molar-refractivity contribution in [1.82, 2.24) is 0 Å². The van der Waals surface area contributed by atoms with Gasteiger partial charge < -0.3 is 0 Å². The molecule has 0 N–H and O–H groups in total. The highest BCUT2D eigenvalue weighted by Crippen LogP contribution is 2.19. The lowest BCUT2D eigenvalue weighted by atomic mass is 9.99. The van der Waals surface area contributed by atoms with Gasteiger partial charge >= 0.3 is 0 Å². The van der Waals surface area contributed by atoms with Crippen molar-refractivity contribution in [3.8, 4) is 0 Å². The Morgan fingerprint density at radius 2 is 1.42 bits per heavy atom. The van der Waals surface area contributed by atoms with Crippen LogP contribution in [-0.4, -0.2) is 5.78 Å². The van der Waals surface area contributed by atoms with Gasteiger partial charge in [-0.15, -0.1) is 0 Å². The number of carbonyl (C=O) groups is 1. The first kappa shape index (κ1) is 11.7. The standard InChI is InChI=1S/C18H14O/c1-13-7-8-16-12-17(10-9-15(16)11-13)18(19)14-5-3-2-4-6-14/h2-12H,1H3. The van der Waals surface area contributed by atoms with Crippen LogP contribution in [0.2, 0.25) is 0 Å². The summed E-state index contributed by atoms with van der Waals surface area (Å²) < 4.78 is 0. The van der Waals surface area contributed by atoms with E-state index in [0.29, 0.717) is 0 Å². The van der Waals surface area contributed by atoms with E-state index >= 15 is 0 Å². The third-order valence-electron chi connectivity index (χ3n) is 3.29. The van der Waals surface area contributed by atoms with Crippen molar-refractivity contribution < 1.29 is 4.79 Å². The zero-order chi connectivity index (χ0) is 13.2. The molecule has 3 aromatic carbocycles. The number of ketones is 1. The Morgan fingerprint density at radius 1 is 0.737 bits per heavy atom. The van der Waals surface area contributed by atoms with Crippen molar-refractivity contribution in [2.45, 2.75) is 6.92 Å². The fourth-order valence-electron chi connectivity index (χ4n) is 2.26. The van der Waals surface area contributed by atoms with Gasteiger partial charge in [0.1, 0.15) is 0 Å². The van der Waals surface area contributed by atoms with Gasteiger partial charge in [-0.25, -0.2) is 0 Å². The number of aryl methyl sites for hydroxylation is 1. The van der Waals surface area contributed by atoms with Crippen molar-refractivity contribution in [3.63, 3.8) is 0 Å². The Balaban J connectivity index is 2.07. The van der Waals surface area contributed by atoms with Crippen LogP contribution in [0, 0.1) is 6.92 Å². The minimum absolute atomic E-state index is 0.0723. The maximum atomic E-state index is 12.4. The van der Waals surface area contributed by atoms with Crippen LogP contribution >= 0.6 is 0 Å². The molecule has 0 saturated heterocycles. The van der Waals surface area contributed by atoms with Gasteiger partial charge in [0.25, 0.3) is 0 Å². The Labute approximate surface area is 112 Å². The van der Waals surface area contributed by atoms with E-state index in [9.17, 15) is 4.79 Å². The Morgan fingerprint density at radius 3 is 2.21 bits per heavy atom. The molecule has 3 aromatic rings. The highest BCUT2D eigenvalue weighted by atomic mass is 16.1. The highest BCUT2D eigenvalue weighted by molar-refractivity contribution is 6.10. The topological polar surface area (TPSA) is 17.1 Å². The Hall–Kier alpha value is -2.41. The Bertz CT molecular complexity index is 742. The quantitative estimate of drug-likeness (QED) is 0.613. The van der Waals surface area contributed by atoms with Crippen molar-refractivity contribution in [2.24, 2.45) is 0 Å². The maximum Gasteiger partial charge on any atom is 0.193 e. The maximum absolute atomic E-state index is 12.4. The molecule has 92 valence electrons. The van der Waals surface area contributed by atoms with E-state index in [1.807, 2.05) is 48.5 Å². The molecule has 3 rings (SSSR count). The van der Waals surface area contributed by atoms with Crippen LogP contribution < -0.4 is 0 Å². The third kappa shape index (κ3) is 2.27. The van der Waals surface area contributed by atoms with E-state index in [1.165, 1.54) is 10.9 Å². The first-order valence-corrected chi connectivity index (χ1v) is 6.34. The molecule has 1 heteroatoms. The molecule has 0 radical (unpaired) electrons. The number of hydrogen-bond donors (Lipinski definition) is 0. The van der Waals surface area contributed by atoms with Gasteiger partial charge in [0.05, 0.1) is 0 Å². The molecule has 0 amide bonds. The summed E-state index contributed by atoms with van der Waals surface area (Å²) in [5.74, 6) is 0.0723. The van der Waals surface area contributed by atoms with Crippen LogP contribution in [0.1, 0.15) is 21.5 Å². The summed E-state index contributed by atoms with van der Waals surface area (Å²) in [5, 5.41) is 2.27. The van der Waals surface area contributed by atoms with Crippen LogP contribution in [0.5, 0.6) is 0 Å². The number of fused-ring (bicyclic) bond motifs is 1. The molecule has 0 aliphatic heterocycles. The van der Waals surface area contributed by atoms with E-state index < -0.39 is 0 Å². The van der Waals surface area contributed by atoms with E-state index in [0.717, 1.165) is 16.5 Å². The fourth-order valence-corrected chi connectivity index (χ4v) is 2.26. The fraction of sp³-hybridized carbons (Fsp3) is 0.0556. The molecule has 0 atom stereocenters. The van der Waals surface area contributed by atoms with Crippen LogP contribution in [0.3, 0.4) is 0 Å². The number of benzene rings is 3. The summed E-state index contributed by atoms with van der Waals surface area (Å²) in [7, 11) is 0. The van der Waals surface area contributed by atoms with Crippen molar-refractivity contribution in [1.29, 1.82) is 0 Å². The second-order valence-electron chi connectivity index (χ2n) is 4.76. The summed E-state index contributed by atoms with van der Waals surface area (Å²) in [6.45, 7) is 2.07.